The topological polar surface area (TPSA) is 29.1 Å². The quantitative estimate of drug-likeness (QED) is 0.896. The van der Waals surface area contributed by atoms with Crippen LogP contribution in [0.3, 0.4) is 0 Å². The first kappa shape index (κ1) is 15.8. The smallest absolute Gasteiger partial charge is 0.234 e. The fraction of sp³-hybridized carbons (Fsp3) is 0.381. The molecule has 1 amide bonds. The summed E-state index contributed by atoms with van der Waals surface area (Å²) >= 11 is 1.69. The number of thioether (sulfide) groups is 1. The predicted molar refractivity (Wildman–Crippen MR) is 99.4 cm³/mol. The third kappa shape index (κ3) is 3.10. The highest BCUT2D eigenvalue weighted by Gasteiger charge is 2.28. The molecule has 0 bridgehead atoms. The van der Waals surface area contributed by atoms with E-state index in [0.717, 1.165) is 6.42 Å². The number of hydrogen-bond acceptors (Lipinski definition) is 2. The summed E-state index contributed by atoms with van der Waals surface area (Å²) in [7, 11) is 0. The molecule has 4 rings (SSSR count). The van der Waals surface area contributed by atoms with Crippen molar-refractivity contribution in [1.82, 2.24) is 5.32 Å². The molecule has 0 aromatic heterocycles. The van der Waals surface area contributed by atoms with E-state index in [1.54, 1.807) is 11.8 Å². The molecular weight excluding hydrogens is 314 g/mol. The van der Waals surface area contributed by atoms with Gasteiger partial charge in [-0.05, 0) is 67.3 Å². The van der Waals surface area contributed by atoms with Gasteiger partial charge in [0, 0.05) is 4.90 Å². The largest absolute Gasteiger partial charge is 0.349 e. The van der Waals surface area contributed by atoms with Crippen molar-refractivity contribution < 1.29 is 4.79 Å². The molecule has 0 radical (unpaired) electrons. The summed E-state index contributed by atoms with van der Waals surface area (Å²) in [5.74, 6) is 0.154. The van der Waals surface area contributed by atoms with Crippen LogP contribution in [0.25, 0.3) is 0 Å². The minimum Gasteiger partial charge on any atom is -0.349 e. The second kappa shape index (κ2) is 6.64. The molecule has 2 atom stereocenters. The van der Waals surface area contributed by atoms with Gasteiger partial charge in [-0.25, -0.2) is 0 Å². The zero-order valence-electron chi connectivity index (χ0n) is 14.0. The van der Waals surface area contributed by atoms with Gasteiger partial charge in [0.15, 0.2) is 0 Å². The van der Waals surface area contributed by atoms with E-state index < -0.39 is 0 Å². The second-order valence-corrected chi connectivity index (χ2v) is 8.13. The molecule has 2 aromatic carbocycles. The molecule has 0 saturated carbocycles. The number of carbonyl (C=O) groups is 1. The Bertz CT molecular complexity index is 745. The summed E-state index contributed by atoms with van der Waals surface area (Å²) in [4.78, 5) is 13.9. The predicted octanol–water partition coefficient (Wildman–Crippen LogP) is 4.46. The van der Waals surface area contributed by atoms with Crippen LogP contribution in [0.1, 0.15) is 48.1 Å². The lowest BCUT2D eigenvalue weighted by atomic mass is 9.89. The van der Waals surface area contributed by atoms with Crippen molar-refractivity contribution in [2.75, 3.05) is 0 Å². The second-order valence-electron chi connectivity index (χ2n) is 6.88. The average molecular weight is 337 g/mol. The highest BCUT2D eigenvalue weighted by atomic mass is 32.2. The molecule has 2 aliphatic rings. The van der Waals surface area contributed by atoms with Gasteiger partial charge >= 0.3 is 0 Å². The summed E-state index contributed by atoms with van der Waals surface area (Å²) in [6.07, 6.45) is 5.81. The van der Waals surface area contributed by atoms with Gasteiger partial charge in [0.2, 0.25) is 5.91 Å². The van der Waals surface area contributed by atoms with Crippen molar-refractivity contribution in [3.63, 3.8) is 0 Å². The monoisotopic (exact) mass is 337 g/mol. The normalized spacial score (nSPS) is 20.1. The van der Waals surface area contributed by atoms with Crippen LogP contribution in [0, 0.1) is 0 Å². The number of fused-ring (bicyclic) bond motifs is 2. The van der Waals surface area contributed by atoms with Crippen molar-refractivity contribution in [2.24, 2.45) is 0 Å². The first-order chi connectivity index (χ1) is 11.7. The van der Waals surface area contributed by atoms with Gasteiger partial charge in [-0.1, -0.05) is 36.4 Å². The molecule has 24 heavy (non-hydrogen) atoms. The van der Waals surface area contributed by atoms with E-state index in [9.17, 15) is 4.79 Å². The number of amides is 1. The van der Waals surface area contributed by atoms with Gasteiger partial charge in [0.05, 0.1) is 11.3 Å². The zero-order valence-corrected chi connectivity index (χ0v) is 14.9. The summed E-state index contributed by atoms with van der Waals surface area (Å²) < 4.78 is 0. The van der Waals surface area contributed by atoms with E-state index in [-0.39, 0.29) is 17.2 Å². The molecule has 0 spiro atoms. The van der Waals surface area contributed by atoms with Crippen LogP contribution in [-0.4, -0.2) is 11.2 Å². The van der Waals surface area contributed by atoms with Crippen LogP contribution >= 0.6 is 11.8 Å². The van der Waals surface area contributed by atoms with Gasteiger partial charge in [0.25, 0.3) is 0 Å². The molecule has 1 aliphatic heterocycles. The minimum absolute atomic E-state index is 0.00229. The van der Waals surface area contributed by atoms with Crippen LogP contribution in [0.15, 0.2) is 47.4 Å². The highest BCUT2D eigenvalue weighted by Crippen LogP contribution is 2.37. The summed E-state index contributed by atoms with van der Waals surface area (Å²) in [6.45, 7) is 2.09. The van der Waals surface area contributed by atoms with Crippen molar-refractivity contribution in [3.8, 4) is 0 Å². The Hall–Kier alpha value is -1.74. The average Bonchev–Trinajstić information content (AvgIpc) is 3.05. The Balaban J connectivity index is 1.43. The van der Waals surface area contributed by atoms with Crippen LogP contribution in [-0.2, 0) is 24.1 Å². The fourth-order valence-corrected chi connectivity index (χ4v) is 4.95. The molecule has 3 heteroatoms. The molecule has 0 saturated heterocycles. The lowest BCUT2D eigenvalue weighted by molar-refractivity contribution is -0.121. The van der Waals surface area contributed by atoms with Gasteiger partial charge < -0.3 is 5.32 Å². The van der Waals surface area contributed by atoms with Crippen molar-refractivity contribution >= 4 is 17.7 Å². The third-order valence-electron chi connectivity index (χ3n) is 5.17. The Morgan fingerprint density at radius 3 is 2.71 bits per heavy atom. The SMILES string of the molecule is C[C@H](NC(=O)[C@@H]1Cc2ccccc2S1)c1ccc2c(c1)CCCC2. The maximum atomic E-state index is 12.7. The molecule has 0 unspecified atom stereocenters. The van der Waals surface area contributed by atoms with E-state index in [0.29, 0.717) is 0 Å². The lowest BCUT2D eigenvalue weighted by Gasteiger charge is -2.21. The number of nitrogens with one attached hydrogen (secondary N) is 1. The Morgan fingerprint density at radius 1 is 1.08 bits per heavy atom. The van der Waals surface area contributed by atoms with E-state index in [4.69, 9.17) is 0 Å². The minimum atomic E-state index is 0.00229. The van der Waals surface area contributed by atoms with Gasteiger partial charge in [-0.3, -0.25) is 4.79 Å². The van der Waals surface area contributed by atoms with Gasteiger partial charge in [-0.2, -0.15) is 0 Å². The van der Waals surface area contributed by atoms with E-state index >= 15 is 0 Å². The molecule has 1 N–H and O–H groups in total. The maximum Gasteiger partial charge on any atom is 0.234 e. The molecular formula is C21H23NOS. The first-order valence-corrected chi connectivity index (χ1v) is 9.75. The summed E-state index contributed by atoms with van der Waals surface area (Å²) in [6, 6.07) is 15.1. The zero-order chi connectivity index (χ0) is 16.5. The Kier molecular flexibility index (Phi) is 4.36. The Labute approximate surface area is 148 Å². The van der Waals surface area contributed by atoms with Crippen molar-refractivity contribution in [2.45, 2.75) is 55.2 Å². The van der Waals surface area contributed by atoms with Crippen LogP contribution in [0.2, 0.25) is 0 Å². The highest BCUT2D eigenvalue weighted by molar-refractivity contribution is 8.01. The molecule has 1 heterocycles. The van der Waals surface area contributed by atoms with Crippen LogP contribution in [0.4, 0.5) is 0 Å². The number of hydrogen-bond donors (Lipinski definition) is 1. The van der Waals surface area contributed by atoms with E-state index in [2.05, 4.69) is 48.6 Å². The molecule has 0 fully saturated rings. The fourth-order valence-electron chi connectivity index (χ4n) is 3.74. The molecule has 124 valence electrons. The summed E-state index contributed by atoms with van der Waals surface area (Å²) in [5.41, 5.74) is 5.49. The number of carbonyl (C=O) groups excluding carboxylic acids is 1. The molecule has 2 aromatic rings. The molecule has 2 nitrogen and oxygen atoms in total. The van der Waals surface area contributed by atoms with Gasteiger partial charge in [0.1, 0.15) is 0 Å². The van der Waals surface area contributed by atoms with Crippen LogP contribution in [0.5, 0.6) is 0 Å². The van der Waals surface area contributed by atoms with Gasteiger partial charge in [-0.15, -0.1) is 11.8 Å². The number of benzene rings is 2. The van der Waals surface area contributed by atoms with Crippen molar-refractivity contribution in [1.29, 1.82) is 0 Å². The third-order valence-corrected chi connectivity index (χ3v) is 6.49. The maximum absolute atomic E-state index is 12.7. The summed E-state index contributed by atoms with van der Waals surface area (Å²) in [5, 5.41) is 3.22. The Morgan fingerprint density at radius 2 is 1.88 bits per heavy atom. The number of rotatable bonds is 3. The van der Waals surface area contributed by atoms with Crippen molar-refractivity contribution in [3.05, 3.63) is 64.7 Å². The van der Waals surface area contributed by atoms with Crippen LogP contribution < -0.4 is 5.32 Å². The van der Waals surface area contributed by atoms with E-state index in [1.165, 1.54) is 52.8 Å². The number of aryl methyl sites for hydroxylation is 2. The standard InChI is InChI=1S/C21H23NOS/c1-14(16-11-10-15-6-2-3-7-17(15)12-16)22-21(23)20-13-18-8-4-5-9-19(18)24-20/h4-5,8-12,14,20H,2-3,6-7,13H2,1H3,(H,22,23)/t14-,20-/m0/s1. The molecule has 1 aliphatic carbocycles. The first-order valence-electron chi connectivity index (χ1n) is 8.87. The lowest BCUT2D eigenvalue weighted by Crippen LogP contribution is -2.34. The van der Waals surface area contributed by atoms with E-state index in [1.807, 2.05) is 6.07 Å².